The Bertz CT molecular complexity index is 989. The van der Waals surface area contributed by atoms with Crippen molar-refractivity contribution in [2.45, 2.75) is 26.8 Å². The molecule has 0 saturated heterocycles. The standard InChI is InChI=1S/C19H21F2N7/c1-3-5-27(4-2)6-7-28-12-23-17-18(25-16(11-22)26-19(17)28)24-15-9-13(20)8-14(21)10-15/h8-10,12H,3-7H2,1-2H3,(H,24,25,26). The highest BCUT2D eigenvalue weighted by Gasteiger charge is 2.15. The second kappa shape index (κ2) is 8.71. The van der Waals surface area contributed by atoms with Crippen LogP contribution in [-0.4, -0.2) is 44.1 Å². The number of hydrogen-bond acceptors (Lipinski definition) is 6. The first-order valence-corrected chi connectivity index (χ1v) is 9.12. The molecule has 0 aliphatic rings. The van der Waals surface area contributed by atoms with Crippen molar-refractivity contribution in [1.82, 2.24) is 24.4 Å². The lowest BCUT2D eigenvalue weighted by atomic mass is 10.3. The van der Waals surface area contributed by atoms with E-state index >= 15 is 0 Å². The molecule has 146 valence electrons. The van der Waals surface area contributed by atoms with Crippen LogP contribution < -0.4 is 5.32 Å². The lowest BCUT2D eigenvalue weighted by Crippen LogP contribution is -2.28. The zero-order valence-electron chi connectivity index (χ0n) is 15.8. The van der Waals surface area contributed by atoms with Crippen LogP contribution in [-0.2, 0) is 6.54 Å². The number of nitriles is 1. The van der Waals surface area contributed by atoms with E-state index in [1.807, 2.05) is 10.6 Å². The molecule has 0 fully saturated rings. The van der Waals surface area contributed by atoms with Crippen molar-refractivity contribution in [2.75, 3.05) is 25.0 Å². The molecule has 0 atom stereocenters. The zero-order valence-corrected chi connectivity index (χ0v) is 15.8. The Labute approximate surface area is 161 Å². The van der Waals surface area contributed by atoms with Gasteiger partial charge in [-0.25, -0.2) is 13.8 Å². The number of hydrogen-bond donors (Lipinski definition) is 1. The summed E-state index contributed by atoms with van der Waals surface area (Å²) in [5.41, 5.74) is 1.11. The molecule has 3 aromatic rings. The molecular formula is C19H21F2N7. The number of fused-ring (bicyclic) bond motifs is 1. The summed E-state index contributed by atoms with van der Waals surface area (Å²) in [6.07, 6.45) is 2.70. The van der Waals surface area contributed by atoms with Gasteiger partial charge in [0.2, 0.25) is 5.82 Å². The summed E-state index contributed by atoms with van der Waals surface area (Å²) in [6, 6.07) is 4.99. The third-order valence-electron chi connectivity index (χ3n) is 4.33. The molecule has 9 heteroatoms. The van der Waals surface area contributed by atoms with Crippen LogP contribution in [0.2, 0.25) is 0 Å². The number of benzene rings is 1. The van der Waals surface area contributed by atoms with Gasteiger partial charge in [-0.05, 0) is 31.6 Å². The number of nitrogens with one attached hydrogen (secondary N) is 1. The van der Waals surface area contributed by atoms with Gasteiger partial charge in [-0.2, -0.15) is 15.2 Å². The molecule has 0 aliphatic heterocycles. The van der Waals surface area contributed by atoms with E-state index in [4.69, 9.17) is 0 Å². The number of nitrogens with zero attached hydrogens (tertiary/aromatic N) is 6. The van der Waals surface area contributed by atoms with Crippen LogP contribution >= 0.6 is 0 Å². The molecule has 0 radical (unpaired) electrons. The fourth-order valence-corrected chi connectivity index (χ4v) is 3.00. The van der Waals surface area contributed by atoms with E-state index in [1.165, 1.54) is 0 Å². The second-order valence-corrected chi connectivity index (χ2v) is 6.34. The molecule has 2 aromatic heterocycles. The van der Waals surface area contributed by atoms with E-state index < -0.39 is 11.6 Å². The van der Waals surface area contributed by atoms with E-state index in [1.54, 1.807) is 6.33 Å². The summed E-state index contributed by atoms with van der Waals surface area (Å²) in [7, 11) is 0. The Morgan fingerprint density at radius 1 is 1.14 bits per heavy atom. The molecule has 0 bridgehead atoms. The minimum absolute atomic E-state index is 0.0467. The van der Waals surface area contributed by atoms with Gasteiger partial charge in [-0.1, -0.05) is 13.8 Å². The highest BCUT2D eigenvalue weighted by atomic mass is 19.1. The molecule has 0 aliphatic carbocycles. The van der Waals surface area contributed by atoms with Gasteiger partial charge in [0.05, 0.1) is 6.33 Å². The second-order valence-electron chi connectivity index (χ2n) is 6.34. The lowest BCUT2D eigenvalue weighted by Gasteiger charge is -2.19. The first-order chi connectivity index (χ1) is 13.5. The van der Waals surface area contributed by atoms with Gasteiger partial charge in [0, 0.05) is 24.8 Å². The molecule has 0 unspecified atom stereocenters. The summed E-state index contributed by atoms with van der Waals surface area (Å²) in [5.74, 6) is -1.25. The fourth-order valence-electron chi connectivity index (χ4n) is 3.00. The molecule has 0 spiro atoms. The van der Waals surface area contributed by atoms with Crippen LogP contribution in [0.1, 0.15) is 26.1 Å². The van der Waals surface area contributed by atoms with Gasteiger partial charge in [-0.15, -0.1) is 0 Å². The Balaban J connectivity index is 1.93. The largest absolute Gasteiger partial charge is 0.338 e. The van der Waals surface area contributed by atoms with Gasteiger partial charge < -0.3 is 14.8 Å². The number of likely N-dealkylation sites (N-methyl/N-ethyl adjacent to an activating group) is 1. The van der Waals surface area contributed by atoms with Crippen molar-refractivity contribution in [3.63, 3.8) is 0 Å². The number of halogens is 2. The monoisotopic (exact) mass is 385 g/mol. The topological polar surface area (TPSA) is 82.7 Å². The lowest BCUT2D eigenvalue weighted by molar-refractivity contribution is 0.277. The van der Waals surface area contributed by atoms with Crippen molar-refractivity contribution in [3.05, 3.63) is 42.0 Å². The van der Waals surface area contributed by atoms with Gasteiger partial charge >= 0.3 is 0 Å². The van der Waals surface area contributed by atoms with E-state index in [0.717, 1.165) is 44.3 Å². The minimum Gasteiger partial charge on any atom is -0.338 e. The van der Waals surface area contributed by atoms with Crippen LogP contribution in [0, 0.1) is 23.0 Å². The third kappa shape index (κ3) is 4.40. The fraction of sp³-hybridized carbons (Fsp3) is 0.368. The smallest absolute Gasteiger partial charge is 0.236 e. The predicted octanol–water partition coefficient (Wildman–Crippen LogP) is 3.45. The Hall–Kier alpha value is -3.12. The molecule has 28 heavy (non-hydrogen) atoms. The molecular weight excluding hydrogens is 364 g/mol. The van der Waals surface area contributed by atoms with Gasteiger partial charge in [0.25, 0.3) is 0 Å². The molecule has 1 aromatic carbocycles. The van der Waals surface area contributed by atoms with Crippen LogP contribution in [0.15, 0.2) is 24.5 Å². The zero-order chi connectivity index (χ0) is 20.1. The SMILES string of the molecule is CCCN(CC)CCn1cnc2c(Nc3cc(F)cc(F)c3)nc(C#N)nc21. The maximum absolute atomic E-state index is 13.5. The van der Waals surface area contributed by atoms with Crippen LogP contribution in [0.25, 0.3) is 11.2 Å². The van der Waals surface area contributed by atoms with E-state index in [-0.39, 0.29) is 17.3 Å². The first-order valence-electron chi connectivity index (χ1n) is 9.12. The van der Waals surface area contributed by atoms with Gasteiger partial charge in [0.15, 0.2) is 17.0 Å². The van der Waals surface area contributed by atoms with Crippen molar-refractivity contribution in [3.8, 4) is 6.07 Å². The van der Waals surface area contributed by atoms with E-state index in [0.29, 0.717) is 17.7 Å². The molecule has 0 saturated carbocycles. The number of aromatic nitrogens is 4. The highest BCUT2D eigenvalue weighted by molar-refractivity contribution is 5.85. The average Bonchev–Trinajstić information content (AvgIpc) is 3.07. The van der Waals surface area contributed by atoms with Crippen LogP contribution in [0.3, 0.4) is 0 Å². The Morgan fingerprint density at radius 3 is 2.54 bits per heavy atom. The van der Waals surface area contributed by atoms with Crippen molar-refractivity contribution >= 4 is 22.7 Å². The summed E-state index contributed by atoms with van der Waals surface area (Å²) < 4.78 is 28.8. The minimum atomic E-state index is -0.714. The number of rotatable bonds is 8. The maximum Gasteiger partial charge on any atom is 0.236 e. The predicted molar refractivity (Wildman–Crippen MR) is 102 cm³/mol. The summed E-state index contributed by atoms with van der Waals surface area (Å²) >= 11 is 0. The maximum atomic E-state index is 13.5. The summed E-state index contributed by atoms with van der Waals surface area (Å²) in [6.45, 7) is 7.66. The number of imidazole rings is 1. The highest BCUT2D eigenvalue weighted by Crippen LogP contribution is 2.24. The third-order valence-corrected chi connectivity index (χ3v) is 4.33. The molecule has 0 amide bonds. The molecule has 3 rings (SSSR count). The van der Waals surface area contributed by atoms with E-state index in [9.17, 15) is 14.0 Å². The summed E-state index contributed by atoms with van der Waals surface area (Å²) in [4.78, 5) is 15.0. The number of anilines is 2. The van der Waals surface area contributed by atoms with Crippen LogP contribution in [0.4, 0.5) is 20.3 Å². The molecule has 2 heterocycles. The first kappa shape index (κ1) is 19.6. The van der Waals surface area contributed by atoms with Crippen molar-refractivity contribution < 1.29 is 8.78 Å². The van der Waals surface area contributed by atoms with Crippen LogP contribution in [0.5, 0.6) is 0 Å². The Morgan fingerprint density at radius 2 is 1.89 bits per heavy atom. The van der Waals surface area contributed by atoms with Gasteiger partial charge in [-0.3, -0.25) is 0 Å². The molecule has 1 N–H and O–H groups in total. The Kier molecular flexibility index (Phi) is 6.11. The van der Waals surface area contributed by atoms with E-state index in [2.05, 4.69) is 39.0 Å². The van der Waals surface area contributed by atoms with Crippen molar-refractivity contribution in [1.29, 1.82) is 5.26 Å². The summed E-state index contributed by atoms with van der Waals surface area (Å²) in [5, 5.41) is 12.1. The molecule has 7 nitrogen and oxygen atoms in total. The van der Waals surface area contributed by atoms with Crippen molar-refractivity contribution in [2.24, 2.45) is 0 Å². The van der Waals surface area contributed by atoms with Gasteiger partial charge in [0.1, 0.15) is 17.7 Å². The average molecular weight is 385 g/mol. The quantitative estimate of drug-likeness (QED) is 0.639. The normalized spacial score (nSPS) is 11.1.